The summed E-state index contributed by atoms with van der Waals surface area (Å²) >= 11 is 0. The van der Waals surface area contributed by atoms with Gasteiger partial charge in [-0.2, -0.15) is 5.26 Å². The van der Waals surface area contributed by atoms with Crippen molar-refractivity contribution >= 4 is 10.0 Å². The highest BCUT2D eigenvalue weighted by molar-refractivity contribution is 7.89. The van der Waals surface area contributed by atoms with Gasteiger partial charge in [0.05, 0.1) is 0 Å². The molecular weight excluding hydrogens is 319 g/mol. The fourth-order valence-electron chi connectivity index (χ4n) is 2.73. The van der Waals surface area contributed by atoms with Gasteiger partial charge in [-0.05, 0) is 24.5 Å². The van der Waals surface area contributed by atoms with Crippen LogP contribution in [0.15, 0.2) is 35.5 Å². The van der Waals surface area contributed by atoms with Gasteiger partial charge >= 0.3 is 0 Å². The first-order valence-electron chi connectivity index (χ1n) is 7.19. The highest BCUT2D eigenvalue weighted by Gasteiger charge is 2.24. The molecule has 6 nitrogen and oxygen atoms in total. The number of nitriles is 1. The molecule has 2 heterocycles. The van der Waals surface area contributed by atoms with Gasteiger partial charge in [-0.1, -0.05) is 6.07 Å². The van der Waals surface area contributed by atoms with Crippen molar-refractivity contribution in [1.29, 1.82) is 5.26 Å². The lowest BCUT2D eigenvalue weighted by atomic mass is 9.98. The monoisotopic (exact) mass is 334 g/mol. The minimum absolute atomic E-state index is 0.124. The van der Waals surface area contributed by atoms with Crippen molar-refractivity contribution in [3.8, 4) is 6.07 Å². The van der Waals surface area contributed by atoms with Crippen molar-refractivity contribution in [1.82, 2.24) is 14.3 Å². The fourth-order valence-corrected chi connectivity index (χ4v) is 4.01. The molecular formula is C15H15FN4O2S. The first kappa shape index (κ1) is 15.6. The summed E-state index contributed by atoms with van der Waals surface area (Å²) < 4.78 is 42.8. The summed E-state index contributed by atoms with van der Waals surface area (Å²) in [4.78, 5) is 3.92. The van der Waals surface area contributed by atoms with E-state index < -0.39 is 21.4 Å². The molecule has 1 aromatic heterocycles. The summed E-state index contributed by atoms with van der Waals surface area (Å²) in [5.74, 6) is 0.220. The van der Waals surface area contributed by atoms with Gasteiger partial charge in [0.1, 0.15) is 28.2 Å². The third-order valence-electron chi connectivity index (χ3n) is 3.99. The van der Waals surface area contributed by atoms with Crippen molar-refractivity contribution in [2.24, 2.45) is 5.92 Å². The summed E-state index contributed by atoms with van der Waals surface area (Å²) in [5.41, 5.74) is -0.459. The Morgan fingerprint density at radius 3 is 3.09 bits per heavy atom. The Morgan fingerprint density at radius 2 is 2.30 bits per heavy atom. The third kappa shape index (κ3) is 3.11. The predicted octanol–water partition coefficient (Wildman–Crippen LogP) is 1.43. The maximum atomic E-state index is 13.6. The van der Waals surface area contributed by atoms with E-state index in [1.807, 2.05) is 10.8 Å². The molecule has 0 saturated carbocycles. The first-order chi connectivity index (χ1) is 11.0. The molecule has 0 aliphatic carbocycles. The number of benzene rings is 1. The van der Waals surface area contributed by atoms with Crippen LogP contribution in [0.2, 0.25) is 0 Å². The average molecular weight is 334 g/mol. The molecule has 1 atom stereocenters. The van der Waals surface area contributed by atoms with E-state index in [9.17, 15) is 12.8 Å². The molecule has 1 N–H and O–H groups in total. The summed E-state index contributed by atoms with van der Waals surface area (Å²) in [5, 5.41) is 8.97. The van der Waals surface area contributed by atoms with Crippen molar-refractivity contribution in [3.63, 3.8) is 0 Å². The number of fused-ring (bicyclic) bond motifs is 1. The first-order valence-corrected chi connectivity index (χ1v) is 8.68. The molecule has 8 heteroatoms. The van der Waals surface area contributed by atoms with Gasteiger partial charge in [-0.15, -0.1) is 0 Å². The third-order valence-corrected chi connectivity index (χ3v) is 5.46. The number of nitrogens with zero attached hydrogens (tertiary/aromatic N) is 3. The van der Waals surface area contributed by atoms with Crippen molar-refractivity contribution in [3.05, 3.63) is 47.8 Å². The van der Waals surface area contributed by atoms with Crippen LogP contribution >= 0.6 is 0 Å². The van der Waals surface area contributed by atoms with E-state index in [0.29, 0.717) is 6.42 Å². The van der Waals surface area contributed by atoms with Crippen molar-refractivity contribution < 1.29 is 12.8 Å². The van der Waals surface area contributed by atoms with E-state index in [0.717, 1.165) is 24.9 Å². The van der Waals surface area contributed by atoms with E-state index in [1.165, 1.54) is 12.1 Å². The molecule has 3 rings (SSSR count). The average Bonchev–Trinajstić information content (AvgIpc) is 3.00. The molecule has 0 fully saturated rings. The number of aromatic nitrogens is 2. The smallest absolute Gasteiger partial charge is 0.242 e. The van der Waals surface area contributed by atoms with Crippen LogP contribution in [0.3, 0.4) is 0 Å². The number of halogens is 1. The van der Waals surface area contributed by atoms with Gasteiger partial charge in [-0.3, -0.25) is 0 Å². The Morgan fingerprint density at radius 1 is 1.48 bits per heavy atom. The minimum atomic E-state index is -3.93. The lowest BCUT2D eigenvalue weighted by Gasteiger charge is -2.23. The van der Waals surface area contributed by atoms with Crippen molar-refractivity contribution in [2.75, 3.05) is 6.54 Å². The Kier molecular flexibility index (Phi) is 4.15. The van der Waals surface area contributed by atoms with Crippen LogP contribution in [-0.4, -0.2) is 24.5 Å². The summed E-state index contributed by atoms with van der Waals surface area (Å²) in [6.45, 7) is 1.03. The standard InChI is InChI=1S/C15H15FN4O2S/c16-13-2-1-3-14(12(13)9-17)23(21,22)19-10-11-4-6-20-7-5-18-15(20)8-11/h1-3,5,7,11,19H,4,6,8,10H2. The molecule has 0 amide bonds. The zero-order valence-corrected chi connectivity index (χ0v) is 13.1. The largest absolute Gasteiger partial charge is 0.335 e. The van der Waals surface area contributed by atoms with Crippen LogP contribution in [-0.2, 0) is 23.0 Å². The van der Waals surface area contributed by atoms with Crippen molar-refractivity contribution in [2.45, 2.75) is 24.3 Å². The highest BCUT2D eigenvalue weighted by atomic mass is 32.2. The van der Waals surface area contributed by atoms with E-state index >= 15 is 0 Å². The summed E-state index contributed by atoms with van der Waals surface area (Å²) in [6.07, 6.45) is 5.15. The molecule has 1 aliphatic rings. The number of rotatable bonds is 4. The van der Waals surface area contributed by atoms with Crippen LogP contribution < -0.4 is 4.72 Å². The molecule has 0 radical (unpaired) electrons. The molecule has 23 heavy (non-hydrogen) atoms. The second kappa shape index (κ2) is 6.10. The Bertz CT molecular complexity index is 870. The molecule has 2 aromatic rings. The van der Waals surface area contributed by atoms with E-state index in [2.05, 4.69) is 9.71 Å². The second-order valence-electron chi connectivity index (χ2n) is 5.47. The Balaban J connectivity index is 1.73. The zero-order valence-electron chi connectivity index (χ0n) is 12.2. The van der Waals surface area contributed by atoms with Gasteiger partial charge in [0.2, 0.25) is 10.0 Å². The normalized spacial score (nSPS) is 17.5. The maximum Gasteiger partial charge on any atom is 0.242 e. The highest BCUT2D eigenvalue weighted by Crippen LogP contribution is 2.21. The van der Waals surface area contributed by atoms with Gasteiger partial charge in [-0.25, -0.2) is 22.5 Å². The quantitative estimate of drug-likeness (QED) is 0.916. The Hall–Kier alpha value is -2.24. The van der Waals surface area contributed by atoms with Crippen LogP contribution in [0.5, 0.6) is 0 Å². The van der Waals surface area contributed by atoms with E-state index in [1.54, 1.807) is 12.3 Å². The minimum Gasteiger partial charge on any atom is -0.335 e. The molecule has 1 aliphatic heterocycles. The van der Waals surface area contributed by atoms with Gasteiger partial charge in [0, 0.05) is 31.9 Å². The Labute approximate surface area is 133 Å². The van der Waals surface area contributed by atoms with Crippen LogP contribution in [0.1, 0.15) is 17.8 Å². The topological polar surface area (TPSA) is 87.8 Å². The number of sulfonamides is 1. The predicted molar refractivity (Wildman–Crippen MR) is 80.3 cm³/mol. The second-order valence-corrected chi connectivity index (χ2v) is 7.21. The molecule has 0 spiro atoms. The lowest BCUT2D eigenvalue weighted by Crippen LogP contribution is -2.33. The summed E-state index contributed by atoms with van der Waals surface area (Å²) in [6, 6.07) is 5.19. The fraction of sp³-hybridized carbons (Fsp3) is 0.333. The molecule has 0 bridgehead atoms. The van der Waals surface area contributed by atoms with Gasteiger partial charge < -0.3 is 4.57 Å². The summed E-state index contributed by atoms with van der Waals surface area (Å²) in [7, 11) is -3.93. The number of nitrogens with one attached hydrogen (secondary N) is 1. The molecule has 1 aromatic carbocycles. The van der Waals surface area contributed by atoms with Crippen LogP contribution in [0.4, 0.5) is 4.39 Å². The van der Waals surface area contributed by atoms with Crippen LogP contribution in [0.25, 0.3) is 0 Å². The molecule has 1 unspecified atom stereocenters. The number of hydrogen-bond donors (Lipinski definition) is 1. The van der Waals surface area contributed by atoms with Gasteiger partial charge in [0.25, 0.3) is 0 Å². The van der Waals surface area contributed by atoms with Gasteiger partial charge in [0.15, 0.2) is 0 Å². The van der Waals surface area contributed by atoms with E-state index in [4.69, 9.17) is 5.26 Å². The SMILES string of the molecule is N#Cc1c(F)cccc1S(=O)(=O)NCC1CCn2ccnc2C1. The van der Waals surface area contributed by atoms with E-state index in [-0.39, 0.29) is 17.4 Å². The maximum absolute atomic E-state index is 13.6. The zero-order chi connectivity index (χ0) is 16.4. The number of aryl methyl sites for hydroxylation is 1. The lowest BCUT2D eigenvalue weighted by molar-refractivity contribution is 0.379. The molecule has 0 saturated heterocycles. The number of hydrogen-bond acceptors (Lipinski definition) is 4. The number of imidazole rings is 1. The molecule has 120 valence electrons. The van der Waals surface area contributed by atoms with Crippen LogP contribution in [0, 0.1) is 23.1 Å².